The van der Waals surface area contributed by atoms with Gasteiger partial charge in [-0.25, -0.2) is 13.8 Å². The number of pyridine rings is 1. The van der Waals surface area contributed by atoms with Crippen LogP contribution in [0.15, 0.2) is 12.1 Å². The first kappa shape index (κ1) is 10.8. The van der Waals surface area contributed by atoms with Crippen LogP contribution < -0.4 is 10.2 Å². The Morgan fingerprint density at radius 1 is 1.21 bits per heavy atom. The molecule has 0 atom stereocenters. The van der Waals surface area contributed by atoms with Crippen LogP contribution in [0.1, 0.15) is 12.1 Å². The Labute approximate surface area is 78.3 Å². The van der Waals surface area contributed by atoms with Gasteiger partial charge in [-0.05, 0) is 11.5 Å². The predicted molar refractivity (Wildman–Crippen MR) is 41.2 cm³/mol. The standard InChI is InChI=1S/C7H4BF4NO/c8-3-1-2-4(5(9)10)13-6(3)14-7(11)12/h1-2,5,7H. The molecule has 0 bridgehead atoms. The summed E-state index contributed by atoms with van der Waals surface area (Å²) in [5.41, 5.74) is -0.871. The third-order valence-corrected chi connectivity index (χ3v) is 1.34. The Hall–Kier alpha value is -1.27. The number of nitrogens with zero attached hydrogens (tertiary/aromatic N) is 1. The summed E-state index contributed by atoms with van der Waals surface area (Å²) in [6.45, 7) is -3.14. The molecule has 0 aliphatic heterocycles. The molecule has 0 N–H and O–H groups in total. The maximum atomic E-state index is 12.1. The monoisotopic (exact) mass is 205 g/mol. The first-order valence-corrected chi connectivity index (χ1v) is 3.50. The molecule has 0 aliphatic carbocycles. The van der Waals surface area contributed by atoms with Gasteiger partial charge in [0.2, 0.25) is 5.88 Å². The normalized spacial score (nSPS) is 11.0. The zero-order chi connectivity index (χ0) is 10.7. The average molecular weight is 205 g/mol. The summed E-state index contributed by atoms with van der Waals surface area (Å²) in [7, 11) is 5.17. The van der Waals surface area contributed by atoms with Crippen molar-refractivity contribution in [3.63, 3.8) is 0 Å². The summed E-state index contributed by atoms with van der Waals surface area (Å²) in [5.74, 6) is -0.683. The maximum Gasteiger partial charge on any atom is 0.388 e. The van der Waals surface area contributed by atoms with Gasteiger partial charge >= 0.3 is 6.61 Å². The van der Waals surface area contributed by atoms with Crippen LogP contribution in [0.2, 0.25) is 0 Å². The molecule has 0 aliphatic rings. The van der Waals surface area contributed by atoms with Crippen molar-refractivity contribution >= 4 is 13.3 Å². The van der Waals surface area contributed by atoms with Crippen LogP contribution in [0.25, 0.3) is 0 Å². The van der Waals surface area contributed by atoms with Crippen LogP contribution in [0.5, 0.6) is 5.88 Å². The second-order valence-corrected chi connectivity index (χ2v) is 2.31. The first-order valence-electron chi connectivity index (χ1n) is 3.50. The molecule has 0 amide bonds. The van der Waals surface area contributed by atoms with E-state index in [1.165, 1.54) is 0 Å². The molecule has 7 heteroatoms. The van der Waals surface area contributed by atoms with Crippen molar-refractivity contribution in [2.75, 3.05) is 0 Å². The molecule has 1 heterocycles. The molecule has 0 spiro atoms. The van der Waals surface area contributed by atoms with Gasteiger partial charge in [-0.1, -0.05) is 6.07 Å². The molecular weight excluding hydrogens is 201 g/mol. The lowest BCUT2D eigenvalue weighted by Gasteiger charge is -2.08. The maximum absolute atomic E-state index is 12.1. The summed E-state index contributed by atoms with van der Waals surface area (Å²) in [6.07, 6.45) is -2.85. The Kier molecular flexibility index (Phi) is 3.32. The largest absolute Gasteiger partial charge is 0.418 e. The van der Waals surface area contributed by atoms with Gasteiger partial charge in [0.15, 0.2) is 0 Å². The van der Waals surface area contributed by atoms with Crippen molar-refractivity contribution in [1.29, 1.82) is 0 Å². The number of halogens is 4. The van der Waals surface area contributed by atoms with Gasteiger partial charge in [0, 0.05) is 0 Å². The molecule has 0 fully saturated rings. The fraction of sp³-hybridized carbons (Fsp3) is 0.286. The van der Waals surface area contributed by atoms with Crippen LogP contribution in [0, 0.1) is 0 Å². The summed E-state index contributed by atoms with van der Waals surface area (Å²) < 4.78 is 51.4. The lowest BCUT2D eigenvalue weighted by molar-refractivity contribution is -0.0525. The Balaban J connectivity index is 2.96. The van der Waals surface area contributed by atoms with E-state index in [0.717, 1.165) is 12.1 Å². The van der Waals surface area contributed by atoms with Crippen LogP contribution in [0.4, 0.5) is 17.6 Å². The van der Waals surface area contributed by atoms with E-state index in [4.69, 9.17) is 7.85 Å². The minimum Gasteiger partial charge on any atom is -0.418 e. The molecular formula is C7H4BF4NO. The van der Waals surface area contributed by atoms with Gasteiger partial charge in [0.05, 0.1) is 0 Å². The molecule has 14 heavy (non-hydrogen) atoms. The summed E-state index contributed by atoms with van der Waals surface area (Å²) >= 11 is 0. The number of rotatable bonds is 3. The molecule has 0 aromatic carbocycles. The van der Waals surface area contributed by atoms with Crippen LogP contribution in [0.3, 0.4) is 0 Å². The molecule has 0 saturated heterocycles. The molecule has 0 unspecified atom stereocenters. The van der Waals surface area contributed by atoms with Crippen molar-refractivity contribution < 1.29 is 22.3 Å². The topological polar surface area (TPSA) is 22.1 Å². The SMILES string of the molecule is [B]c1ccc(C(F)F)nc1OC(F)F. The van der Waals surface area contributed by atoms with Crippen molar-refractivity contribution in [2.45, 2.75) is 13.0 Å². The highest BCUT2D eigenvalue weighted by Crippen LogP contribution is 2.18. The van der Waals surface area contributed by atoms with Crippen LogP contribution in [-0.2, 0) is 0 Å². The van der Waals surface area contributed by atoms with Crippen molar-refractivity contribution in [3.8, 4) is 5.88 Å². The molecule has 74 valence electrons. The van der Waals surface area contributed by atoms with Crippen molar-refractivity contribution in [1.82, 2.24) is 4.98 Å². The summed E-state index contributed by atoms with van der Waals surface area (Å²) in [6, 6.07) is 1.98. The quantitative estimate of drug-likeness (QED) is 0.549. The highest BCUT2D eigenvalue weighted by Gasteiger charge is 2.13. The predicted octanol–water partition coefficient (Wildman–Crippen LogP) is 1.41. The molecule has 0 saturated carbocycles. The van der Waals surface area contributed by atoms with E-state index in [1.54, 1.807) is 0 Å². The summed E-state index contributed by atoms with van der Waals surface area (Å²) in [5, 5.41) is 0. The number of hydrogen-bond acceptors (Lipinski definition) is 2. The molecule has 2 radical (unpaired) electrons. The van der Waals surface area contributed by atoms with Gasteiger partial charge in [-0.2, -0.15) is 8.78 Å². The average Bonchev–Trinajstić information content (AvgIpc) is 2.07. The van der Waals surface area contributed by atoms with Crippen LogP contribution in [-0.4, -0.2) is 19.4 Å². The second kappa shape index (κ2) is 4.30. The lowest BCUT2D eigenvalue weighted by Crippen LogP contribution is -2.15. The molecule has 2 nitrogen and oxygen atoms in total. The molecule has 1 rings (SSSR count). The van der Waals surface area contributed by atoms with Crippen molar-refractivity contribution in [3.05, 3.63) is 17.8 Å². The van der Waals surface area contributed by atoms with Crippen molar-refractivity contribution in [2.24, 2.45) is 0 Å². The number of alkyl halides is 4. The highest BCUT2D eigenvalue weighted by atomic mass is 19.3. The van der Waals surface area contributed by atoms with E-state index >= 15 is 0 Å². The Morgan fingerprint density at radius 3 is 2.36 bits per heavy atom. The van der Waals surface area contributed by atoms with Gasteiger partial charge in [-0.15, -0.1) is 0 Å². The van der Waals surface area contributed by atoms with E-state index in [1.807, 2.05) is 0 Å². The van der Waals surface area contributed by atoms with Crippen LogP contribution >= 0.6 is 0 Å². The third kappa shape index (κ3) is 2.61. The fourth-order valence-corrected chi connectivity index (χ4v) is 0.766. The van der Waals surface area contributed by atoms with E-state index < -0.39 is 24.6 Å². The summed E-state index contributed by atoms with van der Waals surface area (Å²) in [4.78, 5) is 3.13. The minimum absolute atomic E-state index is 0.213. The minimum atomic E-state index is -3.14. The van der Waals surface area contributed by atoms with Gasteiger partial charge in [-0.3, -0.25) is 0 Å². The first-order chi connectivity index (χ1) is 6.50. The fourth-order valence-electron chi connectivity index (χ4n) is 0.766. The second-order valence-electron chi connectivity index (χ2n) is 2.31. The lowest BCUT2D eigenvalue weighted by atomic mass is 9.97. The van der Waals surface area contributed by atoms with E-state index in [9.17, 15) is 17.6 Å². The van der Waals surface area contributed by atoms with Gasteiger partial charge in [0.1, 0.15) is 13.5 Å². The Morgan fingerprint density at radius 2 is 1.86 bits per heavy atom. The highest BCUT2D eigenvalue weighted by molar-refractivity contribution is 6.33. The zero-order valence-corrected chi connectivity index (χ0v) is 6.75. The number of ether oxygens (including phenoxy) is 1. The number of hydrogen-bond donors (Lipinski definition) is 0. The number of aromatic nitrogens is 1. The smallest absolute Gasteiger partial charge is 0.388 e. The van der Waals surface area contributed by atoms with E-state index in [0.29, 0.717) is 0 Å². The third-order valence-electron chi connectivity index (χ3n) is 1.34. The zero-order valence-electron chi connectivity index (χ0n) is 6.75. The Bertz CT molecular complexity index is 321. The molecule has 1 aromatic rings. The van der Waals surface area contributed by atoms with E-state index in [2.05, 4.69) is 9.72 Å². The van der Waals surface area contributed by atoms with E-state index in [-0.39, 0.29) is 5.46 Å². The molecule has 1 aromatic heterocycles. The van der Waals surface area contributed by atoms with Gasteiger partial charge < -0.3 is 4.74 Å². The van der Waals surface area contributed by atoms with Gasteiger partial charge in [0.25, 0.3) is 6.43 Å².